The van der Waals surface area contributed by atoms with Gasteiger partial charge in [0.1, 0.15) is 5.75 Å². The number of hydrogen-bond donors (Lipinski definition) is 1. The van der Waals surface area contributed by atoms with E-state index in [-0.39, 0.29) is 0 Å². The number of rotatable bonds is 5. The van der Waals surface area contributed by atoms with Gasteiger partial charge in [0.2, 0.25) is 0 Å². The van der Waals surface area contributed by atoms with E-state index in [1.165, 1.54) is 0 Å². The van der Waals surface area contributed by atoms with E-state index in [1.54, 1.807) is 0 Å². The SMILES string of the molecule is CCOCc1cc(C(C)C)c(O)c(C(C)C)c1. The summed E-state index contributed by atoms with van der Waals surface area (Å²) in [5, 5.41) is 10.2. The molecule has 0 bridgehead atoms. The highest BCUT2D eigenvalue weighted by Crippen LogP contribution is 2.34. The predicted molar refractivity (Wildman–Crippen MR) is 71.6 cm³/mol. The average Bonchev–Trinajstić information content (AvgIpc) is 2.26. The minimum absolute atomic E-state index is 0.328. The number of hydrogen-bond acceptors (Lipinski definition) is 2. The molecule has 1 aromatic carbocycles. The van der Waals surface area contributed by atoms with E-state index >= 15 is 0 Å². The molecule has 0 heterocycles. The van der Waals surface area contributed by atoms with Crippen LogP contribution < -0.4 is 0 Å². The maximum absolute atomic E-state index is 10.2. The molecule has 1 N–H and O–H groups in total. The Labute approximate surface area is 105 Å². The molecule has 0 atom stereocenters. The van der Waals surface area contributed by atoms with Crippen molar-refractivity contribution in [2.75, 3.05) is 6.61 Å². The monoisotopic (exact) mass is 236 g/mol. The molecule has 2 nitrogen and oxygen atoms in total. The first-order valence-corrected chi connectivity index (χ1v) is 6.40. The van der Waals surface area contributed by atoms with Crippen molar-refractivity contribution in [1.29, 1.82) is 0 Å². The fourth-order valence-electron chi connectivity index (χ4n) is 1.93. The number of aromatic hydroxyl groups is 1. The van der Waals surface area contributed by atoms with Crippen LogP contribution in [0.5, 0.6) is 5.75 Å². The maximum atomic E-state index is 10.2. The lowest BCUT2D eigenvalue weighted by Crippen LogP contribution is -2.00. The van der Waals surface area contributed by atoms with E-state index in [2.05, 4.69) is 39.8 Å². The van der Waals surface area contributed by atoms with Gasteiger partial charge in [0.05, 0.1) is 6.61 Å². The van der Waals surface area contributed by atoms with Gasteiger partial charge in [-0.2, -0.15) is 0 Å². The van der Waals surface area contributed by atoms with Crippen LogP contribution in [0.25, 0.3) is 0 Å². The maximum Gasteiger partial charge on any atom is 0.122 e. The molecule has 0 aromatic heterocycles. The Bertz CT molecular complexity index is 338. The molecule has 0 radical (unpaired) electrons. The molecule has 96 valence electrons. The Kier molecular flexibility index (Phi) is 5.01. The Hall–Kier alpha value is -1.02. The van der Waals surface area contributed by atoms with Gasteiger partial charge in [-0.15, -0.1) is 0 Å². The standard InChI is InChI=1S/C15H24O2/c1-6-17-9-12-7-13(10(2)3)15(16)14(8-12)11(4)5/h7-8,10-11,16H,6,9H2,1-5H3. The summed E-state index contributed by atoms with van der Waals surface area (Å²) in [6.45, 7) is 11.7. The minimum atomic E-state index is 0.328. The summed E-state index contributed by atoms with van der Waals surface area (Å²) in [4.78, 5) is 0. The molecule has 1 rings (SSSR count). The summed E-state index contributed by atoms with van der Waals surface area (Å²) in [6.07, 6.45) is 0. The second-order valence-corrected chi connectivity index (χ2v) is 5.07. The van der Waals surface area contributed by atoms with Crippen LogP contribution in [0.3, 0.4) is 0 Å². The van der Waals surface area contributed by atoms with Gasteiger partial charge in [0.15, 0.2) is 0 Å². The summed E-state index contributed by atoms with van der Waals surface area (Å²) in [5.41, 5.74) is 3.19. The highest BCUT2D eigenvalue weighted by atomic mass is 16.5. The van der Waals surface area contributed by atoms with Gasteiger partial charge in [-0.3, -0.25) is 0 Å². The Morgan fingerprint density at radius 1 is 1.06 bits per heavy atom. The first-order chi connectivity index (χ1) is 7.97. The molecule has 0 amide bonds. The van der Waals surface area contributed by atoms with E-state index in [1.807, 2.05) is 6.92 Å². The topological polar surface area (TPSA) is 29.5 Å². The zero-order valence-electron chi connectivity index (χ0n) is 11.6. The van der Waals surface area contributed by atoms with Gasteiger partial charge in [-0.25, -0.2) is 0 Å². The van der Waals surface area contributed by atoms with Crippen LogP contribution in [-0.2, 0) is 11.3 Å². The van der Waals surface area contributed by atoms with Crippen molar-refractivity contribution in [3.63, 3.8) is 0 Å². The fourth-order valence-corrected chi connectivity index (χ4v) is 1.93. The third kappa shape index (κ3) is 3.47. The van der Waals surface area contributed by atoms with Gasteiger partial charge >= 0.3 is 0 Å². The summed E-state index contributed by atoms with van der Waals surface area (Å²) < 4.78 is 5.45. The van der Waals surface area contributed by atoms with Crippen LogP contribution >= 0.6 is 0 Å². The molecule has 0 fully saturated rings. The van der Waals surface area contributed by atoms with Crippen LogP contribution in [0.15, 0.2) is 12.1 Å². The Balaban J connectivity index is 3.17. The minimum Gasteiger partial charge on any atom is -0.507 e. The molecule has 17 heavy (non-hydrogen) atoms. The summed E-state index contributed by atoms with van der Waals surface area (Å²) in [6, 6.07) is 4.11. The lowest BCUT2D eigenvalue weighted by molar-refractivity contribution is 0.134. The van der Waals surface area contributed by atoms with Crippen molar-refractivity contribution in [1.82, 2.24) is 0 Å². The van der Waals surface area contributed by atoms with Gasteiger partial charge in [0.25, 0.3) is 0 Å². The molecule has 0 aliphatic rings. The quantitative estimate of drug-likeness (QED) is 0.831. The van der Waals surface area contributed by atoms with Crippen molar-refractivity contribution in [2.24, 2.45) is 0 Å². The van der Waals surface area contributed by atoms with Crippen LogP contribution in [0.1, 0.15) is 63.1 Å². The smallest absolute Gasteiger partial charge is 0.122 e. The van der Waals surface area contributed by atoms with Crippen LogP contribution in [0, 0.1) is 0 Å². The lowest BCUT2D eigenvalue weighted by atomic mass is 9.92. The van der Waals surface area contributed by atoms with E-state index < -0.39 is 0 Å². The molecule has 0 saturated carbocycles. The highest BCUT2D eigenvalue weighted by molar-refractivity contribution is 5.46. The zero-order chi connectivity index (χ0) is 13.0. The molecule has 0 spiro atoms. The van der Waals surface area contributed by atoms with E-state index in [9.17, 15) is 5.11 Å². The number of benzene rings is 1. The molecule has 0 saturated heterocycles. The highest BCUT2D eigenvalue weighted by Gasteiger charge is 2.14. The second kappa shape index (κ2) is 6.06. The normalized spacial score (nSPS) is 11.5. The number of phenolic OH excluding ortho intramolecular Hbond substituents is 1. The molecular formula is C15H24O2. The van der Waals surface area contributed by atoms with Gasteiger partial charge in [-0.05, 0) is 47.6 Å². The third-order valence-corrected chi connectivity index (χ3v) is 2.95. The van der Waals surface area contributed by atoms with E-state index in [0.717, 1.165) is 23.3 Å². The van der Waals surface area contributed by atoms with E-state index in [0.29, 0.717) is 24.2 Å². The largest absolute Gasteiger partial charge is 0.507 e. The van der Waals surface area contributed by atoms with E-state index in [4.69, 9.17) is 4.74 Å². The molecule has 0 aliphatic heterocycles. The summed E-state index contributed by atoms with van der Waals surface area (Å²) in [5.74, 6) is 1.11. The first kappa shape index (κ1) is 14.0. The average molecular weight is 236 g/mol. The lowest BCUT2D eigenvalue weighted by Gasteiger charge is -2.17. The number of ether oxygens (including phenoxy) is 1. The van der Waals surface area contributed by atoms with Crippen LogP contribution in [0.4, 0.5) is 0 Å². The first-order valence-electron chi connectivity index (χ1n) is 6.40. The van der Waals surface area contributed by atoms with Crippen molar-refractivity contribution < 1.29 is 9.84 Å². The van der Waals surface area contributed by atoms with Crippen molar-refractivity contribution in [3.8, 4) is 5.75 Å². The van der Waals surface area contributed by atoms with Gasteiger partial charge in [0, 0.05) is 6.61 Å². The molecule has 0 aliphatic carbocycles. The molecule has 1 aromatic rings. The predicted octanol–water partition coefficient (Wildman–Crippen LogP) is 4.18. The molecule has 2 heteroatoms. The van der Waals surface area contributed by atoms with Crippen molar-refractivity contribution in [3.05, 3.63) is 28.8 Å². The van der Waals surface area contributed by atoms with Crippen LogP contribution in [-0.4, -0.2) is 11.7 Å². The third-order valence-electron chi connectivity index (χ3n) is 2.95. The Morgan fingerprint density at radius 2 is 1.53 bits per heavy atom. The second-order valence-electron chi connectivity index (χ2n) is 5.07. The summed E-state index contributed by atoms with van der Waals surface area (Å²) in [7, 11) is 0. The zero-order valence-corrected chi connectivity index (χ0v) is 11.6. The van der Waals surface area contributed by atoms with Crippen LogP contribution in [0.2, 0.25) is 0 Å². The number of phenols is 1. The molecule has 0 unspecified atom stereocenters. The van der Waals surface area contributed by atoms with Crippen molar-refractivity contribution in [2.45, 2.75) is 53.1 Å². The Morgan fingerprint density at radius 3 is 1.88 bits per heavy atom. The fraction of sp³-hybridized carbons (Fsp3) is 0.600. The van der Waals surface area contributed by atoms with Gasteiger partial charge in [-0.1, -0.05) is 27.7 Å². The van der Waals surface area contributed by atoms with Gasteiger partial charge < -0.3 is 9.84 Å². The van der Waals surface area contributed by atoms with Crippen molar-refractivity contribution >= 4 is 0 Å². The summed E-state index contributed by atoms with van der Waals surface area (Å²) >= 11 is 0. The molecular weight excluding hydrogens is 212 g/mol.